The highest BCUT2D eigenvalue weighted by molar-refractivity contribution is 7.97. The van der Waals surface area contributed by atoms with Crippen LogP contribution in [0.15, 0.2) is 354 Å². The Morgan fingerprint density at radius 3 is 0.812 bits per heavy atom. The smallest absolute Gasteiger partial charge is 0.407 e. The van der Waals surface area contributed by atoms with E-state index in [9.17, 15) is 54.5 Å². The van der Waals surface area contributed by atoms with Crippen LogP contribution in [0.25, 0.3) is 0 Å². The van der Waals surface area contributed by atoms with Gasteiger partial charge < -0.3 is 33.6 Å². The molecule has 14 nitrogen and oxygen atoms in total. The molecule has 0 aliphatic carbocycles. The standard InChI is InChI=1S/3C18H15S.C10H15F2NO4.C9H12F2O4.C6H10O5S/c3*1-4-10-16(11-5-1)19(17-12-6-2-7-13-17)18-14-8-3-9-15-18;1-7(2)8(14)16-5-4-13-9(15)17-6-10(3,11)12;1-6(2)8(13)14-4-7(12)15-5-9(3,10)11;1-5(2)6(7)11-3-4-12(8,9)10/h3*1-15H;1,4-6H2,2-3H3,(H,13,15);1,4-5H2,2-3H3;1,3-4H2,2H3,(H,8,9,10)/q3*+1;;;/p-1. The quantitative estimate of drug-likeness (QED) is 0.0114. The van der Waals surface area contributed by atoms with E-state index in [1.165, 1.54) is 64.8 Å². The molecule has 0 fully saturated rings. The molecule has 9 aromatic carbocycles. The highest BCUT2D eigenvalue weighted by atomic mass is 32.2. The molecule has 1 N–H and O–H groups in total. The van der Waals surface area contributed by atoms with Crippen molar-refractivity contribution in [2.75, 3.05) is 45.3 Å². The number of benzene rings is 9. The third-order valence-corrected chi connectivity index (χ3v) is 19.6. The van der Waals surface area contributed by atoms with Gasteiger partial charge in [-0.1, -0.05) is 184 Å². The lowest BCUT2D eigenvalue weighted by atomic mass is 10.4. The summed E-state index contributed by atoms with van der Waals surface area (Å²) in [6, 6.07) is 96.5. The number of alkyl carbamates (subject to hydrolysis) is 1. The molecule has 0 spiro atoms. The second-order valence-corrected chi connectivity index (χ2v) is 29.1. The molecule has 0 aliphatic rings. The van der Waals surface area contributed by atoms with Gasteiger partial charge in [0.2, 0.25) is 0 Å². The Kier molecular flexibility index (Phi) is 37.1. The molecule has 0 aromatic heterocycles. The van der Waals surface area contributed by atoms with Crippen LogP contribution in [-0.2, 0) is 85.7 Å². The number of hydrogen-bond acceptors (Lipinski definition) is 13. The molecule has 0 radical (unpaired) electrons. The van der Waals surface area contributed by atoms with Crippen LogP contribution in [0.3, 0.4) is 0 Å². The summed E-state index contributed by atoms with van der Waals surface area (Å²) in [5.74, 6) is -9.93. The topological polar surface area (TPSA) is 201 Å². The third kappa shape index (κ3) is 35.1. The van der Waals surface area contributed by atoms with Crippen LogP contribution in [-0.4, -0.2) is 100 Å². The van der Waals surface area contributed by atoms with Crippen LogP contribution >= 0.6 is 0 Å². The van der Waals surface area contributed by atoms with Crippen LogP contribution in [0.1, 0.15) is 34.6 Å². The van der Waals surface area contributed by atoms with Gasteiger partial charge in [-0.2, -0.15) is 0 Å². The molecule has 101 heavy (non-hydrogen) atoms. The highest BCUT2D eigenvalue weighted by Gasteiger charge is 2.31. The number of amides is 1. The fraction of sp³-hybridized carbons (Fsp3) is 0.177. The van der Waals surface area contributed by atoms with Gasteiger partial charge in [-0.15, -0.1) is 0 Å². The van der Waals surface area contributed by atoms with Crippen molar-refractivity contribution in [3.63, 3.8) is 0 Å². The first-order valence-corrected chi connectivity index (χ1v) is 36.3. The molecule has 9 rings (SSSR count). The van der Waals surface area contributed by atoms with Gasteiger partial charge in [-0.3, -0.25) is 0 Å². The predicted octanol–water partition coefficient (Wildman–Crippen LogP) is 16.8. The number of halogens is 4. The van der Waals surface area contributed by atoms with Gasteiger partial charge >= 0.3 is 30.0 Å². The van der Waals surface area contributed by atoms with E-state index >= 15 is 0 Å². The number of carbonyl (C=O) groups excluding carboxylic acids is 5. The molecular formula is C79H81F4NO13S4+2. The SMILES string of the molecule is C=C(C)C(=O)OCC(=O)OCC(C)(F)F.C=C(C)C(=O)OCCNC(=O)OCC(C)(F)F.C=C(C)C(=O)OCCS(=O)(=O)[O-].c1ccc([S+](c2ccccc2)c2ccccc2)cc1.c1ccc([S+](c2ccccc2)c2ccccc2)cc1.c1ccc([S+](c2ccccc2)c2ccccc2)cc1. The number of rotatable bonds is 24. The van der Waals surface area contributed by atoms with Gasteiger partial charge in [0.15, 0.2) is 63.9 Å². The number of hydrogen-bond donors (Lipinski definition) is 1. The van der Waals surface area contributed by atoms with E-state index in [1.807, 2.05) is 0 Å². The molecule has 0 aliphatic heterocycles. The van der Waals surface area contributed by atoms with Gasteiger partial charge in [0.1, 0.15) is 13.2 Å². The maximum atomic E-state index is 12.3. The molecule has 530 valence electrons. The third-order valence-electron chi connectivity index (χ3n) is 12.3. The minimum Gasteiger partial charge on any atom is -0.748 e. The molecule has 22 heteroatoms. The first-order valence-electron chi connectivity index (χ1n) is 31.0. The Morgan fingerprint density at radius 2 is 0.594 bits per heavy atom. The molecule has 0 saturated carbocycles. The lowest BCUT2D eigenvalue weighted by molar-refractivity contribution is -0.163. The average Bonchev–Trinajstić information content (AvgIpc) is 0.837. The number of nitrogens with one attached hydrogen (secondary N) is 1. The summed E-state index contributed by atoms with van der Waals surface area (Å²) in [6.45, 7) is 12.2. The van der Waals surface area contributed by atoms with Crippen molar-refractivity contribution < 1.29 is 78.2 Å². The fourth-order valence-electron chi connectivity index (χ4n) is 7.75. The molecule has 0 saturated heterocycles. The molecule has 0 bridgehead atoms. The first kappa shape index (κ1) is 83.4. The molecule has 0 atom stereocenters. The fourth-order valence-corrected chi connectivity index (χ4v) is 14.4. The first-order chi connectivity index (χ1) is 48.1. The van der Waals surface area contributed by atoms with E-state index in [2.05, 4.69) is 322 Å². The zero-order valence-corrected chi connectivity index (χ0v) is 59.8. The van der Waals surface area contributed by atoms with Gasteiger partial charge in [0.25, 0.3) is 11.8 Å². The second-order valence-electron chi connectivity index (χ2n) is 21.5. The largest absolute Gasteiger partial charge is 0.748 e. The number of esters is 4. The Labute approximate surface area is 597 Å². The van der Waals surface area contributed by atoms with Crippen molar-refractivity contribution in [2.45, 2.75) is 90.5 Å². The van der Waals surface area contributed by atoms with Crippen molar-refractivity contribution in [2.24, 2.45) is 0 Å². The molecule has 0 heterocycles. The van der Waals surface area contributed by atoms with E-state index in [4.69, 9.17) is 0 Å². The maximum absolute atomic E-state index is 12.3. The molecule has 0 unspecified atom stereocenters. The summed E-state index contributed by atoms with van der Waals surface area (Å²) in [7, 11) is -4.35. The van der Waals surface area contributed by atoms with E-state index in [-0.39, 0.29) is 62.6 Å². The van der Waals surface area contributed by atoms with E-state index in [0.29, 0.717) is 13.8 Å². The lowest BCUT2D eigenvalue weighted by Crippen LogP contribution is -2.32. The number of carbonyl (C=O) groups is 5. The van der Waals surface area contributed by atoms with Gasteiger partial charge in [-0.05, 0) is 130 Å². The van der Waals surface area contributed by atoms with E-state index in [0.717, 1.165) is 0 Å². The summed E-state index contributed by atoms with van der Waals surface area (Å²) in [5, 5.41) is 2.15. The Morgan fingerprint density at radius 1 is 0.376 bits per heavy atom. The summed E-state index contributed by atoms with van der Waals surface area (Å²) in [6.07, 6.45) is -0.988. The van der Waals surface area contributed by atoms with Gasteiger partial charge in [-0.25, -0.2) is 50.0 Å². The number of ether oxygens (including phenoxy) is 5. The second kappa shape index (κ2) is 44.9. The Hall–Kier alpha value is -9.97. The highest BCUT2D eigenvalue weighted by Crippen LogP contribution is 2.33. The van der Waals surface area contributed by atoms with E-state index in [1.54, 1.807) is 0 Å². The van der Waals surface area contributed by atoms with Crippen molar-refractivity contribution in [1.29, 1.82) is 0 Å². The van der Waals surface area contributed by atoms with Crippen molar-refractivity contribution >= 4 is 72.8 Å². The van der Waals surface area contributed by atoms with Crippen LogP contribution < -0.4 is 5.32 Å². The zero-order valence-electron chi connectivity index (χ0n) is 56.5. The molecular weight excluding hydrogens is 1380 g/mol. The summed E-state index contributed by atoms with van der Waals surface area (Å²) in [4.78, 5) is 66.1. The normalized spacial score (nSPS) is 10.6. The van der Waals surface area contributed by atoms with Crippen molar-refractivity contribution in [1.82, 2.24) is 5.32 Å². The lowest BCUT2D eigenvalue weighted by Gasteiger charge is -2.11. The Bertz CT molecular complexity index is 3490. The molecule has 9 aromatic rings. The monoisotopic (exact) mass is 1460 g/mol. The van der Waals surface area contributed by atoms with Crippen LogP contribution in [0.5, 0.6) is 0 Å². The minimum absolute atomic E-state index is 0.0146. The van der Waals surface area contributed by atoms with Crippen LogP contribution in [0.2, 0.25) is 0 Å². The van der Waals surface area contributed by atoms with Crippen molar-refractivity contribution in [3.05, 3.63) is 309 Å². The van der Waals surface area contributed by atoms with Crippen molar-refractivity contribution in [3.8, 4) is 0 Å². The summed E-state index contributed by atoms with van der Waals surface area (Å²) in [5.41, 5.74) is 0.514. The zero-order chi connectivity index (χ0) is 74.1. The summed E-state index contributed by atoms with van der Waals surface area (Å²) >= 11 is 0. The van der Waals surface area contributed by atoms with Gasteiger partial charge in [0.05, 0.1) is 55.1 Å². The van der Waals surface area contributed by atoms with Crippen LogP contribution in [0, 0.1) is 0 Å². The van der Waals surface area contributed by atoms with Gasteiger partial charge in [0, 0.05) is 30.6 Å². The maximum Gasteiger partial charge on any atom is 0.407 e. The van der Waals surface area contributed by atoms with Crippen LogP contribution in [0.4, 0.5) is 22.4 Å². The number of alkyl halides is 4. The minimum atomic E-state index is -4.30. The van der Waals surface area contributed by atoms with E-state index < -0.39 is 84.1 Å². The predicted molar refractivity (Wildman–Crippen MR) is 388 cm³/mol. The molecule has 1 amide bonds. The summed E-state index contributed by atoms with van der Waals surface area (Å²) < 4.78 is 101. The average molecular weight is 1460 g/mol. The Balaban J connectivity index is 0.000000259.